The van der Waals surface area contributed by atoms with E-state index in [2.05, 4.69) is 4.98 Å². The number of hydrogen-bond donors (Lipinski definition) is 1. The van der Waals surface area contributed by atoms with E-state index in [1.54, 1.807) is 18.3 Å². The Labute approximate surface area is 164 Å². The molecule has 0 spiro atoms. The van der Waals surface area contributed by atoms with Crippen molar-refractivity contribution in [2.45, 2.75) is 35.3 Å². The van der Waals surface area contributed by atoms with Crippen molar-refractivity contribution in [3.8, 4) is 5.75 Å². The molecule has 1 aliphatic rings. The van der Waals surface area contributed by atoms with Crippen LogP contribution in [0.3, 0.4) is 0 Å². The molecule has 150 valence electrons. The molecule has 1 saturated heterocycles. The standard InChI is InChI=1S/C20H24N2O5S/c21-19(23)20(9-13-26-14-10-20)28(24,25)18-7-5-17(6-8-18)27-12-2-4-16-3-1-11-22-15-16/h1,3,5-8,11,15H,2,4,9-10,12-14H2,(H2,21,23). The minimum atomic E-state index is -3.92. The molecule has 2 heterocycles. The second kappa shape index (κ2) is 8.70. The molecule has 28 heavy (non-hydrogen) atoms. The summed E-state index contributed by atoms with van der Waals surface area (Å²) in [6, 6.07) is 10.0. The normalized spacial score (nSPS) is 16.4. The highest BCUT2D eigenvalue weighted by Gasteiger charge is 2.51. The number of amides is 1. The van der Waals surface area contributed by atoms with Gasteiger partial charge in [-0.1, -0.05) is 6.07 Å². The number of benzene rings is 1. The summed E-state index contributed by atoms with van der Waals surface area (Å²) in [6.07, 6.45) is 5.36. The van der Waals surface area contributed by atoms with Gasteiger partial charge >= 0.3 is 0 Å². The lowest BCUT2D eigenvalue weighted by Crippen LogP contribution is -2.53. The third kappa shape index (κ3) is 4.18. The Hall–Kier alpha value is -2.45. The third-order valence-electron chi connectivity index (χ3n) is 5.00. The zero-order valence-corrected chi connectivity index (χ0v) is 16.4. The van der Waals surface area contributed by atoms with E-state index >= 15 is 0 Å². The molecule has 1 amide bonds. The largest absolute Gasteiger partial charge is 0.494 e. The van der Waals surface area contributed by atoms with Gasteiger partial charge in [-0.05, 0) is 61.6 Å². The van der Waals surface area contributed by atoms with Gasteiger partial charge in [0.2, 0.25) is 5.91 Å². The number of carbonyl (C=O) groups excluding carboxylic acids is 1. The SMILES string of the molecule is NC(=O)C1(S(=O)(=O)c2ccc(OCCCc3cccnc3)cc2)CCOCC1. The van der Waals surface area contributed by atoms with Crippen LogP contribution in [0.15, 0.2) is 53.7 Å². The summed E-state index contributed by atoms with van der Waals surface area (Å²) >= 11 is 0. The second-order valence-electron chi connectivity index (χ2n) is 6.76. The van der Waals surface area contributed by atoms with Gasteiger partial charge in [-0.25, -0.2) is 8.42 Å². The first kappa shape index (κ1) is 20.3. The minimum Gasteiger partial charge on any atom is -0.494 e. The first-order valence-corrected chi connectivity index (χ1v) is 10.7. The molecule has 1 aromatic heterocycles. The molecule has 1 aliphatic heterocycles. The molecule has 2 aromatic rings. The molecule has 0 radical (unpaired) electrons. The molecule has 0 unspecified atom stereocenters. The summed E-state index contributed by atoms with van der Waals surface area (Å²) in [5.41, 5.74) is 6.62. The maximum atomic E-state index is 13.1. The second-order valence-corrected chi connectivity index (χ2v) is 9.02. The van der Waals surface area contributed by atoms with E-state index in [4.69, 9.17) is 15.2 Å². The van der Waals surface area contributed by atoms with Crippen LogP contribution in [0.2, 0.25) is 0 Å². The predicted molar refractivity (Wildman–Crippen MR) is 104 cm³/mol. The quantitative estimate of drug-likeness (QED) is 0.673. The number of nitrogens with two attached hydrogens (primary N) is 1. The van der Waals surface area contributed by atoms with Gasteiger partial charge in [0.1, 0.15) is 5.75 Å². The molecular weight excluding hydrogens is 380 g/mol. The van der Waals surface area contributed by atoms with Crippen LogP contribution in [-0.4, -0.2) is 43.9 Å². The van der Waals surface area contributed by atoms with Crippen LogP contribution in [0.4, 0.5) is 0 Å². The number of nitrogens with zero attached hydrogens (tertiary/aromatic N) is 1. The van der Waals surface area contributed by atoms with Crippen LogP contribution in [-0.2, 0) is 25.8 Å². The third-order valence-corrected chi connectivity index (χ3v) is 7.53. The smallest absolute Gasteiger partial charge is 0.239 e. The summed E-state index contributed by atoms with van der Waals surface area (Å²) < 4.78 is 35.4. The van der Waals surface area contributed by atoms with Crippen LogP contribution >= 0.6 is 0 Å². The van der Waals surface area contributed by atoms with Crippen molar-refractivity contribution >= 4 is 15.7 Å². The van der Waals surface area contributed by atoms with E-state index in [1.165, 1.54) is 12.1 Å². The Bertz CT molecular complexity index is 892. The first-order chi connectivity index (χ1) is 13.5. The molecule has 1 aromatic carbocycles. The Morgan fingerprint density at radius 1 is 1.18 bits per heavy atom. The van der Waals surface area contributed by atoms with Gasteiger partial charge < -0.3 is 15.2 Å². The van der Waals surface area contributed by atoms with E-state index in [9.17, 15) is 13.2 Å². The molecule has 0 saturated carbocycles. The summed E-state index contributed by atoms with van der Waals surface area (Å²) in [4.78, 5) is 16.2. The summed E-state index contributed by atoms with van der Waals surface area (Å²) in [5, 5.41) is 0. The number of primary amides is 1. The number of carbonyl (C=O) groups is 1. The number of ether oxygens (including phenoxy) is 2. The number of aromatic nitrogens is 1. The Morgan fingerprint density at radius 3 is 2.50 bits per heavy atom. The Balaban J connectivity index is 1.63. The maximum Gasteiger partial charge on any atom is 0.239 e. The van der Waals surface area contributed by atoms with E-state index in [-0.39, 0.29) is 31.0 Å². The summed E-state index contributed by atoms with van der Waals surface area (Å²) in [6.45, 7) is 0.893. The molecule has 3 rings (SSSR count). The highest BCUT2D eigenvalue weighted by atomic mass is 32.2. The van der Waals surface area contributed by atoms with Crippen molar-refractivity contribution in [3.63, 3.8) is 0 Å². The van der Waals surface area contributed by atoms with Crippen molar-refractivity contribution < 1.29 is 22.7 Å². The van der Waals surface area contributed by atoms with Gasteiger partial charge in [0.15, 0.2) is 14.6 Å². The number of rotatable bonds is 8. The van der Waals surface area contributed by atoms with E-state index in [0.29, 0.717) is 12.4 Å². The predicted octanol–water partition coefficient (Wildman–Crippen LogP) is 1.90. The Morgan fingerprint density at radius 2 is 1.89 bits per heavy atom. The zero-order chi connectivity index (χ0) is 20.0. The molecule has 2 N–H and O–H groups in total. The average Bonchev–Trinajstić information content (AvgIpc) is 2.72. The summed E-state index contributed by atoms with van der Waals surface area (Å²) in [7, 11) is -3.92. The van der Waals surface area contributed by atoms with E-state index < -0.39 is 20.5 Å². The van der Waals surface area contributed by atoms with Crippen LogP contribution in [0, 0.1) is 0 Å². The molecule has 8 heteroatoms. The van der Waals surface area contributed by atoms with E-state index in [0.717, 1.165) is 18.4 Å². The van der Waals surface area contributed by atoms with Gasteiger partial charge in [0, 0.05) is 25.6 Å². The van der Waals surface area contributed by atoms with Gasteiger partial charge in [0.25, 0.3) is 0 Å². The topological polar surface area (TPSA) is 109 Å². The molecular formula is C20H24N2O5S. The molecule has 0 bridgehead atoms. The molecule has 1 fully saturated rings. The minimum absolute atomic E-state index is 0.0657. The fourth-order valence-electron chi connectivity index (χ4n) is 3.30. The van der Waals surface area contributed by atoms with Crippen LogP contribution in [0.25, 0.3) is 0 Å². The maximum absolute atomic E-state index is 13.1. The van der Waals surface area contributed by atoms with Crippen molar-refractivity contribution in [2.75, 3.05) is 19.8 Å². The lowest BCUT2D eigenvalue weighted by Gasteiger charge is -2.33. The number of hydrogen-bond acceptors (Lipinski definition) is 6. The Kier molecular flexibility index (Phi) is 6.31. The molecule has 7 nitrogen and oxygen atoms in total. The lowest BCUT2D eigenvalue weighted by molar-refractivity contribution is -0.122. The van der Waals surface area contributed by atoms with Crippen LogP contribution < -0.4 is 10.5 Å². The number of aryl methyl sites for hydroxylation is 1. The zero-order valence-electron chi connectivity index (χ0n) is 15.5. The highest BCUT2D eigenvalue weighted by molar-refractivity contribution is 7.93. The molecule has 0 atom stereocenters. The van der Waals surface area contributed by atoms with Gasteiger partial charge in [-0.2, -0.15) is 0 Å². The number of sulfone groups is 1. The monoisotopic (exact) mass is 404 g/mol. The van der Waals surface area contributed by atoms with Crippen molar-refractivity contribution in [1.29, 1.82) is 0 Å². The molecule has 0 aliphatic carbocycles. The first-order valence-electron chi connectivity index (χ1n) is 9.20. The van der Waals surface area contributed by atoms with Crippen LogP contribution in [0.5, 0.6) is 5.75 Å². The fraction of sp³-hybridized carbons (Fsp3) is 0.400. The van der Waals surface area contributed by atoms with Crippen molar-refractivity contribution in [2.24, 2.45) is 5.73 Å². The summed E-state index contributed by atoms with van der Waals surface area (Å²) in [5.74, 6) is -0.253. The van der Waals surface area contributed by atoms with Crippen LogP contribution in [0.1, 0.15) is 24.8 Å². The van der Waals surface area contributed by atoms with Crippen molar-refractivity contribution in [1.82, 2.24) is 4.98 Å². The van der Waals surface area contributed by atoms with Gasteiger partial charge in [0.05, 0.1) is 11.5 Å². The van der Waals surface area contributed by atoms with E-state index in [1.807, 2.05) is 18.3 Å². The van der Waals surface area contributed by atoms with Crippen molar-refractivity contribution in [3.05, 3.63) is 54.4 Å². The van der Waals surface area contributed by atoms with Gasteiger partial charge in [-0.15, -0.1) is 0 Å². The highest BCUT2D eigenvalue weighted by Crippen LogP contribution is 2.35. The lowest BCUT2D eigenvalue weighted by atomic mass is 9.98. The fourth-order valence-corrected chi connectivity index (χ4v) is 5.22. The van der Waals surface area contributed by atoms with Gasteiger partial charge in [-0.3, -0.25) is 9.78 Å². The number of pyridine rings is 1. The average molecular weight is 404 g/mol.